The molecule has 0 heterocycles. The van der Waals surface area contributed by atoms with Gasteiger partial charge in [0.2, 0.25) is 5.91 Å². The van der Waals surface area contributed by atoms with Crippen molar-refractivity contribution < 1.29 is 14.3 Å². The number of nitrogens with one attached hydrogen (secondary N) is 1. The minimum atomic E-state index is -0.354. The average molecular weight is 409 g/mol. The van der Waals surface area contributed by atoms with Gasteiger partial charge in [0.05, 0.1) is 19.1 Å². The molecule has 0 saturated heterocycles. The normalized spacial score (nSPS) is 27.2. The van der Waals surface area contributed by atoms with Crippen LogP contribution in [0.1, 0.15) is 62.6 Å². The lowest BCUT2D eigenvalue weighted by atomic mass is 9.65. The second kappa shape index (κ2) is 10.3. The number of aryl methyl sites for hydroxylation is 1. The van der Waals surface area contributed by atoms with Gasteiger partial charge >= 0.3 is 5.97 Å². The third kappa shape index (κ3) is 5.26. The first-order chi connectivity index (χ1) is 13.0. The largest absolute Gasteiger partial charge is 0.466 e. The Morgan fingerprint density at radius 1 is 1.21 bits per heavy atom. The highest BCUT2D eigenvalue weighted by atomic mass is 35.5. The summed E-state index contributed by atoms with van der Waals surface area (Å²) in [5, 5.41) is 3.16. The molecule has 3 unspecified atom stereocenters. The predicted octanol–water partition coefficient (Wildman–Crippen LogP) is 3.68. The van der Waals surface area contributed by atoms with E-state index in [0.29, 0.717) is 18.4 Å². The van der Waals surface area contributed by atoms with Gasteiger partial charge in [0, 0.05) is 12.0 Å². The molecule has 1 aromatic carbocycles. The maximum atomic E-state index is 13.1. The zero-order chi connectivity index (χ0) is 19.4. The van der Waals surface area contributed by atoms with E-state index in [1.54, 1.807) is 6.92 Å². The first kappa shape index (κ1) is 22.7. The molecule has 3 atom stereocenters. The minimum absolute atomic E-state index is 0. The first-order valence-electron chi connectivity index (χ1n) is 10.3. The zero-order valence-corrected chi connectivity index (χ0v) is 17.7. The molecule has 2 aliphatic carbocycles. The summed E-state index contributed by atoms with van der Waals surface area (Å²) >= 11 is 0. The molecule has 0 radical (unpaired) electrons. The number of carbonyl (C=O) groups excluding carboxylic acids is 2. The van der Waals surface area contributed by atoms with Crippen LogP contribution >= 0.6 is 12.4 Å². The highest BCUT2D eigenvalue weighted by molar-refractivity contribution is 5.85. The van der Waals surface area contributed by atoms with E-state index in [-0.39, 0.29) is 48.7 Å². The van der Waals surface area contributed by atoms with Crippen LogP contribution in [-0.2, 0) is 14.3 Å². The van der Waals surface area contributed by atoms with Crippen LogP contribution in [0.5, 0.6) is 0 Å². The van der Waals surface area contributed by atoms with Gasteiger partial charge in [-0.05, 0) is 62.5 Å². The van der Waals surface area contributed by atoms with Crippen LogP contribution < -0.4 is 11.1 Å². The number of nitrogens with two attached hydrogens (primary N) is 1. The lowest BCUT2D eigenvalue weighted by Crippen LogP contribution is -2.49. The van der Waals surface area contributed by atoms with Gasteiger partial charge in [-0.25, -0.2) is 0 Å². The van der Waals surface area contributed by atoms with Gasteiger partial charge in [-0.3, -0.25) is 9.59 Å². The van der Waals surface area contributed by atoms with Crippen LogP contribution in [0.15, 0.2) is 24.3 Å². The van der Waals surface area contributed by atoms with Crippen molar-refractivity contribution in [1.29, 1.82) is 0 Å². The first-order valence-corrected chi connectivity index (χ1v) is 10.3. The Labute approximate surface area is 174 Å². The molecule has 3 N–H and O–H groups in total. The van der Waals surface area contributed by atoms with E-state index in [1.165, 1.54) is 6.42 Å². The quantitative estimate of drug-likeness (QED) is 0.703. The second-order valence-electron chi connectivity index (χ2n) is 8.12. The third-order valence-corrected chi connectivity index (χ3v) is 6.34. The van der Waals surface area contributed by atoms with Crippen LogP contribution in [0, 0.1) is 24.7 Å². The summed E-state index contributed by atoms with van der Waals surface area (Å²) < 4.78 is 5.13. The number of benzene rings is 1. The Morgan fingerprint density at radius 3 is 2.46 bits per heavy atom. The van der Waals surface area contributed by atoms with Crippen molar-refractivity contribution >= 4 is 24.3 Å². The number of fused-ring (bicyclic) bond motifs is 2. The van der Waals surface area contributed by atoms with Gasteiger partial charge in [0.1, 0.15) is 0 Å². The number of ether oxygens (including phenoxy) is 1. The molecule has 2 aliphatic rings. The van der Waals surface area contributed by atoms with Crippen molar-refractivity contribution in [2.24, 2.45) is 23.5 Å². The van der Waals surface area contributed by atoms with Gasteiger partial charge < -0.3 is 15.8 Å². The molecule has 2 saturated carbocycles. The number of amides is 1. The van der Waals surface area contributed by atoms with Crippen molar-refractivity contribution in [3.05, 3.63) is 35.4 Å². The molecular weight excluding hydrogens is 376 g/mol. The number of esters is 1. The number of carbonyl (C=O) groups is 2. The predicted molar refractivity (Wildman–Crippen MR) is 112 cm³/mol. The van der Waals surface area contributed by atoms with Gasteiger partial charge in [0.15, 0.2) is 0 Å². The zero-order valence-electron chi connectivity index (χ0n) is 16.9. The van der Waals surface area contributed by atoms with Crippen molar-refractivity contribution in [3.8, 4) is 0 Å². The third-order valence-electron chi connectivity index (χ3n) is 6.34. The fraction of sp³-hybridized carbons (Fsp3) is 0.636. The monoisotopic (exact) mass is 408 g/mol. The lowest BCUT2D eigenvalue weighted by Gasteiger charge is -2.43. The molecule has 2 fully saturated rings. The smallest absolute Gasteiger partial charge is 0.308 e. The molecule has 28 heavy (non-hydrogen) atoms. The highest BCUT2D eigenvalue weighted by Crippen LogP contribution is 2.42. The van der Waals surface area contributed by atoms with E-state index in [0.717, 1.165) is 36.8 Å². The Balaban J connectivity index is 0.00000280. The molecule has 3 rings (SSSR count). The molecule has 0 spiro atoms. The fourth-order valence-corrected chi connectivity index (χ4v) is 4.90. The standard InChI is InChI=1S/C22H32N2O3.ClH/c1-3-27-20(25)13-19(18-10-5-4-7-14(18)2)24-22(26)17-11-15-8-6-9-16(12-17)21(15)23;/h4-5,7,10,15-17,19,21H,3,6,8-9,11-13,23H2,1-2H3,(H,24,26);1H. The Hall–Kier alpha value is -1.59. The molecular formula is C22H33ClN2O3. The van der Waals surface area contributed by atoms with Gasteiger partial charge in [0.25, 0.3) is 0 Å². The van der Waals surface area contributed by atoms with Crippen LogP contribution in [0.25, 0.3) is 0 Å². The van der Waals surface area contributed by atoms with Gasteiger partial charge in [-0.2, -0.15) is 0 Å². The Morgan fingerprint density at radius 2 is 1.86 bits per heavy atom. The van der Waals surface area contributed by atoms with E-state index < -0.39 is 0 Å². The van der Waals surface area contributed by atoms with Crippen LogP contribution in [-0.4, -0.2) is 24.5 Å². The van der Waals surface area contributed by atoms with E-state index in [2.05, 4.69) is 5.32 Å². The molecule has 6 heteroatoms. The van der Waals surface area contributed by atoms with Gasteiger partial charge in [-0.15, -0.1) is 12.4 Å². The van der Waals surface area contributed by atoms with Gasteiger partial charge in [-0.1, -0.05) is 30.7 Å². The van der Waals surface area contributed by atoms with Crippen LogP contribution in [0.4, 0.5) is 0 Å². The summed E-state index contributed by atoms with van der Waals surface area (Å²) in [4.78, 5) is 25.2. The minimum Gasteiger partial charge on any atom is -0.466 e. The summed E-state index contributed by atoms with van der Waals surface area (Å²) in [7, 11) is 0. The summed E-state index contributed by atoms with van der Waals surface area (Å²) in [6, 6.07) is 7.78. The highest BCUT2D eigenvalue weighted by Gasteiger charge is 2.41. The number of halogens is 1. The van der Waals surface area contributed by atoms with Crippen LogP contribution in [0.2, 0.25) is 0 Å². The topological polar surface area (TPSA) is 81.4 Å². The summed E-state index contributed by atoms with van der Waals surface area (Å²) in [5.41, 5.74) is 8.41. The van der Waals surface area contributed by atoms with Crippen molar-refractivity contribution in [2.45, 2.75) is 64.5 Å². The number of hydrogen-bond acceptors (Lipinski definition) is 4. The van der Waals surface area contributed by atoms with E-state index in [4.69, 9.17) is 10.5 Å². The molecule has 0 aromatic heterocycles. The second-order valence-corrected chi connectivity index (χ2v) is 8.12. The lowest BCUT2D eigenvalue weighted by molar-refractivity contribution is -0.144. The maximum Gasteiger partial charge on any atom is 0.308 e. The molecule has 2 bridgehead atoms. The molecule has 5 nitrogen and oxygen atoms in total. The summed E-state index contributed by atoms with van der Waals surface area (Å²) in [6.45, 7) is 4.14. The van der Waals surface area contributed by atoms with Crippen molar-refractivity contribution in [2.75, 3.05) is 6.61 Å². The Bertz CT molecular complexity index is 668. The van der Waals surface area contributed by atoms with Crippen LogP contribution in [0.3, 0.4) is 0 Å². The van der Waals surface area contributed by atoms with E-state index in [9.17, 15) is 9.59 Å². The van der Waals surface area contributed by atoms with E-state index in [1.807, 2.05) is 31.2 Å². The number of rotatable bonds is 6. The van der Waals surface area contributed by atoms with Crippen molar-refractivity contribution in [1.82, 2.24) is 5.32 Å². The SMILES string of the molecule is CCOC(=O)CC(NC(=O)C1CC2CCCC(C1)C2N)c1ccccc1C.Cl. The summed E-state index contributed by atoms with van der Waals surface area (Å²) in [6.07, 6.45) is 5.37. The number of hydrogen-bond donors (Lipinski definition) is 2. The molecule has 156 valence electrons. The fourth-order valence-electron chi connectivity index (χ4n) is 4.90. The Kier molecular flexibility index (Phi) is 8.32. The average Bonchev–Trinajstić information content (AvgIpc) is 2.61. The van der Waals surface area contributed by atoms with Crippen molar-refractivity contribution in [3.63, 3.8) is 0 Å². The molecule has 0 aliphatic heterocycles. The summed E-state index contributed by atoms with van der Waals surface area (Å²) in [5.74, 6) is 0.671. The van der Waals surface area contributed by atoms with E-state index >= 15 is 0 Å². The maximum absolute atomic E-state index is 13.1. The molecule has 1 amide bonds. The molecule has 1 aromatic rings.